The molecule has 2 aliphatic heterocycles. The van der Waals surface area contributed by atoms with E-state index in [0.29, 0.717) is 35.7 Å². The molecule has 0 radical (unpaired) electrons. The number of hydrogen-bond donors (Lipinski definition) is 0. The lowest BCUT2D eigenvalue weighted by molar-refractivity contribution is -0.139. The van der Waals surface area contributed by atoms with E-state index in [1.807, 2.05) is 26.0 Å². The number of esters is 1. The number of ether oxygens (including phenoxy) is 2. The topological polar surface area (TPSA) is 93.2 Å². The highest BCUT2D eigenvalue weighted by Crippen LogP contribution is 2.41. The van der Waals surface area contributed by atoms with Gasteiger partial charge in [0.05, 0.1) is 30.0 Å². The Balaban J connectivity index is 1.26. The van der Waals surface area contributed by atoms with Crippen molar-refractivity contribution in [2.24, 2.45) is 23.7 Å². The molecule has 8 heteroatoms. The Bertz CT molecular complexity index is 1280. The van der Waals surface area contributed by atoms with Crippen LogP contribution in [0.1, 0.15) is 32.3 Å². The molecule has 0 aromatic heterocycles. The molecular formula is C29H30N2O6. The summed E-state index contributed by atoms with van der Waals surface area (Å²) in [4.78, 5) is 54.5. The van der Waals surface area contributed by atoms with E-state index in [1.54, 1.807) is 54.3 Å². The van der Waals surface area contributed by atoms with E-state index in [1.165, 1.54) is 4.90 Å². The first kappa shape index (κ1) is 24.7. The number of fused-ring (bicyclic) bond motifs is 1. The van der Waals surface area contributed by atoms with Crippen LogP contribution in [0, 0.1) is 30.6 Å². The smallest absolute Gasteiger partial charge is 0.316 e. The summed E-state index contributed by atoms with van der Waals surface area (Å²) in [7, 11) is 0. The Hall–Kier alpha value is -3.94. The zero-order valence-electron chi connectivity index (χ0n) is 21.2. The number of hydrogen-bond acceptors (Lipinski definition) is 6. The predicted molar refractivity (Wildman–Crippen MR) is 137 cm³/mol. The molecule has 0 spiro atoms. The molecule has 3 aliphatic rings. The van der Waals surface area contributed by atoms with Gasteiger partial charge in [0, 0.05) is 18.7 Å². The Kier molecular flexibility index (Phi) is 6.58. The van der Waals surface area contributed by atoms with Crippen LogP contribution in [0.5, 0.6) is 11.5 Å². The van der Waals surface area contributed by atoms with Gasteiger partial charge >= 0.3 is 5.97 Å². The van der Waals surface area contributed by atoms with Crippen LogP contribution in [0.2, 0.25) is 0 Å². The lowest BCUT2D eigenvalue weighted by Gasteiger charge is -2.22. The van der Waals surface area contributed by atoms with Crippen molar-refractivity contribution >= 4 is 35.1 Å². The lowest BCUT2D eigenvalue weighted by atomic mass is 9.78. The van der Waals surface area contributed by atoms with E-state index in [9.17, 15) is 19.2 Å². The molecule has 4 atom stereocenters. The number of nitrogens with zero attached hydrogens (tertiary/aromatic N) is 2. The van der Waals surface area contributed by atoms with Crippen LogP contribution in [0.15, 0.2) is 54.6 Å². The third kappa shape index (κ3) is 4.52. The minimum Gasteiger partial charge on any atom is -0.494 e. The third-order valence-corrected chi connectivity index (χ3v) is 7.42. The highest BCUT2D eigenvalue weighted by molar-refractivity contribution is 6.22. The predicted octanol–water partition coefficient (Wildman–Crippen LogP) is 4.05. The van der Waals surface area contributed by atoms with Crippen LogP contribution in [0.3, 0.4) is 0 Å². The van der Waals surface area contributed by atoms with E-state index in [4.69, 9.17) is 9.47 Å². The molecule has 1 aliphatic carbocycles. The van der Waals surface area contributed by atoms with E-state index >= 15 is 0 Å². The van der Waals surface area contributed by atoms with Gasteiger partial charge in [-0.2, -0.15) is 0 Å². The Morgan fingerprint density at radius 3 is 2.43 bits per heavy atom. The first-order valence-corrected chi connectivity index (χ1v) is 12.7. The summed E-state index contributed by atoms with van der Waals surface area (Å²) in [6.45, 7) is 6.43. The fourth-order valence-electron chi connectivity index (χ4n) is 5.53. The lowest BCUT2D eigenvalue weighted by Crippen LogP contribution is -2.32. The van der Waals surface area contributed by atoms with Gasteiger partial charge in [-0.3, -0.25) is 19.2 Å². The van der Waals surface area contributed by atoms with Crippen molar-refractivity contribution in [3.63, 3.8) is 0 Å². The molecule has 0 bridgehead atoms. The van der Waals surface area contributed by atoms with Crippen molar-refractivity contribution in [2.45, 2.75) is 33.6 Å². The summed E-state index contributed by atoms with van der Waals surface area (Å²) in [5.74, 6) is -1.23. The fraction of sp³-hybridized carbons (Fsp3) is 0.379. The second-order valence-electron chi connectivity index (χ2n) is 9.87. The largest absolute Gasteiger partial charge is 0.494 e. The first-order valence-electron chi connectivity index (χ1n) is 12.7. The minimum atomic E-state index is -0.599. The minimum absolute atomic E-state index is 0.0111. The van der Waals surface area contributed by atoms with Gasteiger partial charge in [0.2, 0.25) is 17.7 Å². The number of aryl methyl sites for hydroxylation is 1. The normalized spacial score (nSPS) is 25.0. The molecule has 2 saturated heterocycles. The summed E-state index contributed by atoms with van der Waals surface area (Å²) < 4.78 is 11.1. The maximum Gasteiger partial charge on any atom is 0.316 e. The van der Waals surface area contributed by atoms with Crippen LogP contribution in [0.4, 0.5) is 11.4 Å². The van der Waals surface area contributed by atoms with E-state index in [-0.39, 0.29) is 48.4 Å². The molecule has 0 unspecified atom stereocenters. The summed E-state index contributed by atoms with van der Waals surface area (Å²) in [6, 6.07) is 12.1. The number of benzene rings is 2. The number of amides is 3. The highest BCUT2D eigenvalue weighted by atomic mass is 16.5. The number of carbonyl (C=O) groups excluding carboxylic acids is 4. The molecule has 2 fully saturated rings. The Morgan fingerprint density at radius 1 is 1.03 bits per heavy atom. The summed E-state index contributed by atoms with van der Waals surface area (Å²) in [5.41, 5.74) is 1.87. The number of anilines is 2. The molecule has 5 rings (SSSR count). The van der Waals surface area contributed by atoms with E-state index < -0.39 is 11.9 Å². The van der Waals surface area contributed by atoms with Gasteiger partial charge in [-0.25, -0.2) is 4.90 Å². The van der Waals surface area contributed by atoms with Crippen molar-refractivity contribution in [3.8, 4) is 11.5 Å². The second-order valence-corrected chi connectivity index (χ2v) is 9.87. The molecule has 2 aromatic rings. The first-order chi connectivity index (χ1) is 17.8. The average molecular weight is 503 g/mol. The number of carbonyl (C=O) groups is 4. The number of rotatable bonds is 6. The summed E-state index contributed by atoms with van der Waals surface area (Å²) >= 11 is 0. The van der Waals surface area contributed by atoms with E-state index in [0.717, 1.165) is 5.75 Å². The van der Waals surface area contributed by atoms with Crippen molar-refractivity contribution in [2.75, 3.05) is 23.0 Å². The number of imide groups is 1. The van der Waals surface area contributed by atoms with Crippen molar-refractivity contribution in [1.29, 1.82) is 0 Å². The van der Waals surface area contributed by atoms with Crippen LogP contribution < -0.4 is 19.3 Å². The quantitative estimate of drug-likeness (QED) is 0.256. The summed E-state index contributed by atoms with van der Waals surface area (Å²) in [6.07, 6.45) is 4.60. The van der Waals surface area contributed by atoms with Crippen molar-refractivity contribution < 1.29 is 28.7 Å². The molecule has 0 saturated carbocycles. The highest BCUT2D eigenvalue weighted by Gasteiger charge is 2.50. The molecule has 2 heterocycles. The molecule has 2 aromatic carbocycles. The Labute approximate surface area is 215 Å². The van der Waals surface area contributed by atoms with Gasteiger partial charge in [-0.15, -0.1) is 0 Å². The number of allylic oxidation sites excluding steroid dienone is 2. The molecule has 192 valence electrons. The van der Waals surface area contributed by atoms with Gasteiger partial charge in [-0.05, 0) is 74.2 Å². The van der Waals surface area contributed by atoms with Crippen LogP contribution >= 0.6 is 0 Å². The van der Waals surface area contributed by atoms with Crippen molar-refractivity contribution in [1.82, 2.24) is 0 Å². The van der Waals surface area contributed by atoms with Crippen LogP contribution in [-0.4, -0.2) is 36.8 Å². The standard InChI is InChI=1S/C29H30N2O6/c1-4-36-21-10-8-20(9-11-21)30-16-19(15-25(30)32)29(35)37-22-12-13-24(18(3)14-22)31-27(33)23-7-5-6-17(2)26(23)28(31)34/h5-6,8-14,17,19,23,26H,4,7,15-16H2,1-3H3/t17-,19+,23+,26-/m0/s1. The van der Waals surface area contributed by atoms with Gasteiger partial charge in [0.15, 0.2) is 0 Å². The van der Waals surface area contributed by atoms with Gasteiger partial charge in [0.1, 0.15) is 11.5 Å². The van der Waals surface area contributed by atoms with Crippen LogP contribution in [0.25, 0.3) is 0 Å². The zero-order chi connectivity index (χ0) is 26.3. The zero-order valence-corrected chi connectivity index (χ0v) is 21.2. The van der Waals surface area contributed by atoms with E-state index in [2.05, 4.69) is 0 Å². The molecule has 8 nitrogen and oxygen atoms in total. The maximum atomic E-state index is 13.1. The summed E-state index contributed by atoms with van der Waals surface area (Å²) in [5, 5.41) is 0. The van der Waals surface area contributed by atoms with Gasteiger partial charge < -0.3 is 14.4 Å². The molecule has 0 N–H and O–H groups in total. The third-order valence-electron chi connectivity index (χ3n) is 7.42. The maximum absolute atomic E-state index is 13.1. The monoisotopic (exact) mass is 502 g/mol. The van der Waals surface area contributed by atoms with Gasteiger partial charge in [0.25, 0.3) is 0 Å². The van der Waals surface area contributed by atoms with Crippen molar-refractivity contribution in [3.05, 3.63) is 60.2 Å². The fourth-order valence-corrected chi connectivity index (χ4v) is 5.53. The Morgan fingerprint density at radius 2 is 1.76 bits per heavy atom. The molecule has 37 heavy (non-hydrogen) atoms. The van der Waals surface area contributed by atoms with Crippen LogP contribution in [-0.2, 0) is 19.2 Å². The average Bonchev–Trinajstić information content (AvgIpc) is 3.38. The molecule has 3 amide bonds. The van der Waals surface area contributed by atoms with Gasteiger partial charge in [-0.1, -0.05) is 19.1 Å². The molecular weight excluding hydrogens is 472 g/mol. The second kappa shape index (κ2) is 9.84. The SMILES string of the molecule is CCOc1ccc(N2C[C@H](C(=O)Oc3ccc(N4C(=O)[C@H]5[C@@H](C)C=CC[C@H]5C4=O)c(C)c3)CC2=O)cc1.